The molecular formula is C20H21NO2. The first kappa shape index (κ1) is 15.3. The summed E-state index contributed by atoms with van der Waals surface area (Å²) in [5.41, 5.74) is 2.40. The molecule has 2 aromatic rings. The molecule has 3 heteroatoms. The largest absolute Gasteiger partial charge is 0.436 e. The molecule has 1 aliphatic heterocycles. The van der Waals surface area contributed by atoms with Gasteiger partial charge in [-0.2, -0.15) is 0 Å². The van der Waals surface area contributed by atoms with Gasteiger partial charge in [-0.1, -0.05) is 67.2 Å². The van der Waals surface area contributed by atoms with Crippen LogP contribution in [0.2, 0.25) is 0 Å². The van der Waals surface area contributed by atoms with Crippen molar-refractivity contribution >= 4 is 6.09 Å². The van der Waals surface area contributed by atoms with Crippen LogP contribution in [0.25, 0.3) is 0 Å². The van der Waals surface area contributed by atoms with E-state index >= 15 is 0 Å². The Balaban J connectivity index is 1.69. The summed E-state index contributed by atoms with van der Waals surface area (Å²) in [6.07, 6.45) is 1.13. The molecule has 0 spiro atoms. The summed E-state index contributed by atoms with van der Waals surface area (Å²) in [6.45, 7) is 6.65. The van der Waals surface area contributed by atoms with Crippen LogP contribution in [0, 0.1) is 0 Å². The van der Waals surface area contributed by atoms with E-state index in [1.165, 1.54) is 5.56 Å². The maximum Gasteiger partial charge on any atom is 0.415 e. The summed E-state index contributed by atoms with van der Waals surface area (Å²) in [6, 6.07) is 20.2. The zero-order valence-corrected chi connectivity index (χ0v) is 13.4. The lowest BCUT2D eigenvalue weighted by Crippen LogP contribution is -2.31. The smallest absolute Gasteiger partial charge is 0.415 e. The normalized spacial score (nSPS) is 20.7. The maximum atomic E-state index is 12.3. The Morgan fingerprint density at radius 1 is 1.00 bits per heavy atom. The molecular weight excluding hydrogens is 286 g/mol. The lowest BCUT2D eigenvalue weighted by atomic mass is 9.93. The van der Waals surface area contributed by atoms with Crippen LogP contribution >= 0.6 is 0 Å². The second-order valence-electron chi connectivity index (χ2n) is 6.10. The lowest BCUT2D eigenvalue weighted by molar-refractivity contribution is 0.0817. The molecule has 0 aliphatic carbocycles. The van der Waals surface area contributed by atoms with Crippen molar-refractivity contribution in [2.75, 3.05) is 6.54 Å². The fourth-order valence-electron chi connectivity index (χ4n) is 2.94. The van der Waals surface area contributed by atoms with Crippen LogP contribution in [0.3, 0.4) is 0 Å². The van der Waals surface area contributed by atoms with Crippen molar-refractivity contribution in [3.8, 4) is 0 Å². The van der Waals surface area contributed by atoms with Crippen LogP contribution in [-0.4, -0.2) is 23.1 Å². The molecule has 1 saturated heterocycles. The number of hydrogen-bond donors (Lipinski definition) is 0. The topological polar surface area (TPSA) is 29.5 Å². The Labute approximate surface area is 137 Å². The van der Waals surface area contributed by atoms with Gasteiger partial charge in [-0.15, -0.1) is 0 Å². The highest BCUT2D eigenvalue weighted by atomic mass is 16.6. The predicted octanol–water partition coefficient (Wildman–Crippen LogP) is 4.20. The molecule has 118 valence electrons. The van der Waals surface area contributed by atoms with E-state index in [4.69, 9.17) is 4.74 Å². The minimum atomic E-state index is -0.672. The van der Waals surface area contributed by atoms with E-state index in [0.717, 1.165) is 17.7 Å². The van der Waals surface area contributed by atoms with Crippen molar-refractivity contribution in [1.29, 1.82) is 0 Å². The third-order valence-corrected chi connectivity index (χ3v) is 4.32. The molecule has 0 N–H and O–H groups in total. The third kappa shape index (κ3) is 3.29. The fraction of sp³-hybridized carbons (Fsp3) is 0.250. The first-order chi connectivity index (χ1) is 11.1. The zero-order chi connectivity index (χ0) is 16.3. The van der Waals surface area contributed by atoms with Gasteiger partial charge in [0, 0.05) is 13.0 Å². The highest BCUT2D eigenvalue weighted by Crippen LogP contribution is 2.35. The fourth-order valence-corrected chi connectivity index (χ4v) is 2.94. The molecule has 3 rings (SSSR count). The molecule has 2 aromatic carbocycles. The number of rotatable bonds is 5. The summed E-state index contributed by atoms with van der Waals surface area (Å²) in [5, 5.41) is 0. The second kappa shape index (κ2) is 6.29. The van der Waals surface area contributed by atoms with Crippen molar-refractivity contribution in [2.24, 2.45) is 0 Å². The van der Waals surface area contributed by atoms with Crippen molar-refractivity contribution in [1.82, 2.24) is 4.90 Å². The molecule has 1 atom stereocenters. The van der Waals surface area contributed by atoms with Gasteiger partial charge in [-0.25, -0.2) is 4.79 Å². The molecule has 1 aliphatic rings. The molecule has 1 unspecified atom stereocenters. The molecule has 1 heterocycles. The Morgan fingerprint density at radius 3 is 2.17 bits per heavy atom. The first-order valence-electron chi connectivity index (χ1n) is 7.86. The van der Waals surface area contributed by atoms with Crippen LogP contribution in [-0.2, 0) is 17.6 Å². The predicted molar refractivity (Wildman–Crippen MR) is 91.0 cm³/mol. The molecule has 3 nitrogen and oxygen atoms in total. The average molecular weight is 307 g/mol. The van der Waals surface area contributed by atoms with E-state index in [2.05, 4.69) is 18.7 Å². The number of amides is 1. The van der Waals surface area contributed by atoms with E-state index in [9.17, 15) is 4.79 Å². The van der Waals surface area contributed by atoms with E-state index in [0.29, 0.717) is 13.0 Å². The number of hydrogen-bond acceptors (Lipinski definition) is 2. The van der Waals surface area contributed by atoms with Crippen molar-refractivity contribution in [2.45, 2.75) is 25.4 Å². The molecule has 23 heavy (non-hydrogen) atoms. The van der Waals surface area contributed by atoms with Gasteiger partial charge in [-0.05, 0) is 24.5 Å². The number of carbonyl (C=O) groups is 1. The third-order valence-electron chi connectivity index (χ3n) is 4.32. The highest BCUT2D eigenvalue weighted by Gasteiger charge is 2.45. The van der Waals surface area contributed by atoms with E-state index in [1.807, 2.05) is 55.5 Å². The van der Waals surface area contributed by atoms with Gasteiger partial charge >= 0.3 is 6.09 Å². The minimum Gasteiger partial charge on any atom is -0.436 e. The van der Waals surface area contributed by atoms with E-state index < -0.39 is 5.60 Å². The van der Waals surface area contributed by atoms with Gasteiger partial charge in [0.2, 0.25) is 0 Å². The molecule has 1 fully saturated rings. The van der Waals surface area contributed by atoms with Gasteiger partial charge in [0.1, 0.15) is 0 Å². The highest BCUT2D eigenvalue weighted by molar-refractivity contribution is 5.75. The number of ether oxygens (including phenoxy) is 1. The average Bonchev–Trinajstić information content (AvgIpc) is 2.77. The van der Waals surface area contributed by atoms with Gasteiger partial charge in [0.25, 0.3) is 0 Å². The monoisotopic (exact) mass is 307 g/mol. The van der Waals surface area contributed by atoms with Gasteiger partial charge in [0.15, 0.2) is 5.60 Å². The molecule has 0 radical (unpaired) electrons. The van der Waals surface area contributed by atoms with Crippen molar-refractivity contribution in [3.63, 3.8) is 0 Å². The minimum absolute atomic E-state index is 0.302. The molecule has 1 amide bonds. The Hall–Kier alpha value is -2.55. The maximum absolute atomic E-state index is 12.3. The van der Waals surface area contributed by atoms with Crippen LogP contribution in [0.1, 0.15) is 18.1 Å². The standard InChI is InChI=1S/C20H21NO2/c1-16-20(2,15-18-11-7-4-8-12-18)23-19(22)21(16)14-13-17-9-5-3-6-10-17/h3-12H,1,13-15H2,2H3. The number of carbonyl (C=O) groups excluding carboxylic acids is 1. The molecule has 0 saturated carbocycles. The van der Waals surface area contributed by atoms with Crippen molar-refractivity contribution < 1.29 is 9.53 Å². The van der Waals surface area contributed by atoms with Gasteiger partial charge < -0.3 is 4.74 Å². The number of benzene rings is 2. The van der Waals surface area contributed by atoms with E-state index in [1.54, 1.807) is 4.90 Å². The quantitative estimate of drug-likeness (QED) is 0.828. The van der Waals surface area contributed by atoms with Crippen LogP contribution in [0.15, 0.2) is 72.9 Å². The SMILES string of the molecule is C=C1N(CCc2ccccc2)C(=O)OC1(C)Cc1ccccc1. The van der Waals surface area contributed by atoms with Crippen LogP contribution < -0.4 is 0 Å². The van der Waals surface area contributed by atoms with Gasteiger partial charge in [-0.3, -0.25) is 4.90 Å². The second-order valence-corrected chi connectivity index (χ2v) is 6.10. The Bertz CT molecular complexity index is 696. The van der Waals surface area contributed by atoms with Crippen molar-refractivity contribution in [3.05, 3.63) is 84.1 Å². The first-order valence-corrected chi connectivity index (χ1v) is 7.86. The molecule has 0 bridgehead atoms. The Morgan fingerprint density at radius 2 is 1.57 bits per heavy atom. The lowest BCUT2D eigenvalue weighted by Gasteiger charge is -2.24. The summed E-state index contributed by atoms with van der Waals surface area (Å²) in [5.74, 6) is 0. The molecule has 0 aromatic heterocycles. The summed E-state index contributed by atoms with van der Waals surface area (Å²) in [7, 11) is 0. The number of cyclic esters (lactones) is 1. The van der Waals surface area contributed by atoms with Gasteiger partial charge in [0.05, 0.1) is 5.70 Å². The zero-order valence-electron chi connectivity index (χ0n) is 13.4. The Kier molecular flexibility index (Phi) is 4.20. The summed E-state index contributed by atoms with van der Waals surface area (Å²) in [4.78, 5) is 13.9. The van der Waals surface area contributed by atoms with E-state index in [-0.39, 0.29) is 6.09 Å². The number of nitrogens with zero attached hydrogens (tertiary/aromatic N) is 1. The summed E-state index contributed by atoms with van der Waals surface area (Å²) >= 11 is 0. The van der Waals surface area contributed by atoms with Crippen LogP contribution in [0.4, 0.5) is 4.79 Å². The summed E-state index contributed by atoms with van der Waals surface area (Å²) < 4.78 is 5.65. The van der Waals surface area contributed by atoms with Crippen LogP contribution in [0.5, 0.6) is 0 Å².